The smallest absolute Gasteiger partial charge is 0.261 e. The van der Waals surface area contributed by atoms with Gasteiger partial charge in [0.1, 0.15) is 0 Å². The minimum atomic E-state index is -0.534. The largest absolute Gasteiger partial charge is 0.433 e. The van der Waals surface area contributed by atoms with E-state index in [1.807, 2.05) is 24.3 Å². The molecule has 0 radical (unpaired) electrons. The van der Waals surface area contributed by atoms with Crippen molar-refractivity contribution in [3.05, 3.63) is 49.1 Å². The zero-order valence-electron chi connectivity index (χ0n) is 7.34. The Morgan fingerprint density at radius 3 is 1.46 bits per heavy atom. The van der Waals surface area contributed by atoms with Crippen LogP contribution < -0.4 is 0 Å². The second-order valence-electron chi connectivity index (χ2n) is 2.86. The molecule has 2 aromatic rings. The van der Waals surface area contributed by atoms with Crippen molar-refractivity contribution in [2.24, 2.45) is 0 Å². The van der Waals surface area contributed by atoms with Crippen LogP contribution in [0, 0.1) is 0 Å². The molecule has 2 heterocycles. The molecule has 0 aliphatic carbocycles. The summed E-state index contributed by atoms with van der Waals surface area (Å²) in [5, 5.41) is 0. The van der Waals surface area contributed by atoms with Gasteiger partial charge in [-0.3, -0.25) is 0 Å². The van der Waals surface area contributed by atoms with Gasteiger partial charge < -0.3 is 12.6 Å². The molecule has 2 aromatic heterocycles. The summed E-state index contributed by atoms with van der Waals surface area (Å²) in [6.07, 6.45) is 8.26. The van der Waals surface area contributed by atoms with Crippen LogP contribution in [0.3, 0.4) is 0 Å². The van der Waals surface area contributed by atoms with Gasteiger partial charge in [-0.15, -0.1) is 0 Å². The molecule has 13 heavy (non-hydrogen) atoms. The van der Waals surface area contributed by atoms with E-state index in [1.54, 1.807) is 0 Å². The lowest BCUT2D eigenvalue weighted by atomic mass is 10.7. The molecule has 0 N–H and O–H groups in total. The lowest BCUT2D eigenvalue weighted by molar-refractivity contribution is 0.610. The van der Waals surface area contributed by atoms with Crippen LogP contribution in [0.5, 0.6) is 0 Å². The summed E-state index contributed by atoms with van der Waals surface area (Å²) in [5.41, 5.74) is 0. The zero-order valence-corrected chi connectivity index (χ0v) is 10.2. The fraction of sp³-hybridized carbons (Fsp3) is 0. The summed E-state index contributed by atoms with van der Waals surface area (Å²) >= 11 is 0. The van der Waals surface area contributed by atoms with Crippen LogP contribution in [0.2, 0.25) is 0 Å². The maximum atomic E-state index is 5.73. The van der Waals surface area contributed by atoms with Crippen molar-refractivity contribution >= 4 is 19.8 Å². The molecule has 3 nitrogen and oxygen atoms in total. The molecule has 0 unspecified atom stereocenters. The van der Waals surface area contributed by atoms with Crippen molar-refractivity contribution < 1.29 is 4.12 Å². The molecule has 2 rings (SSSR count). The highest BCUT2D eigenvalue weighted by Crippen LogP contribution is 1.88. The van der Waals surface area contributed by atoms with Crippen molar-refractivity contribution in [2.75, 3.05) is 0 Å². The topological polar surface area (TPSA) is 19.1 Å². The van der Waals surface area contributed by atoms with Crippen molar-refractivity contribution in [2.45, 2.75) is 0 Å². The summed E-state index contributed by atoms with van der Waals surface area (Å²) in [5.74, 6) is 0. The van der Waals surface area contributed by atoms with Gasteiger partial charge in [-0.1, -0.05) is 0 Å². The van der Waals surface area contributed by atoms with Gasteiger partial charge in [0.15, 0.2) is 0 Å². The predicted octanol–water partition coefficient (Wildman–Crippen LogP) is -0.300. The van der Waals surface area contributed by atoms with E-state index in [9.17, 15) is 0 Å². The first kappa shape index (κ1) is 8.55. The number of hydrogen-bond acceptors (Lipinski definition) is 1. The summed E-state index contributed by atoms with van der Waals surface area (Å²) in [6, 6.07) is 8.14. The average molecular weight is 208 g/mol. The zero-order chi connectivity index (χ0) is 8.93. The average Bonchev–Trinajstić information content (AvgIpc) is 2.75. The molecule has 0 saturated carbocycles. The molecule has 0 aliphatic rings. The maximum absolute atomic E-state index is 5.73. The molecular weight excluding hydrogens is 196 g/mol. The van der Waals surface area contributed by atoms with Gasteiger partial charge in [0.05, 0.1) is 0 Å². The van der Waals surface area contributed by atoms with Crippen molar-refractivity contribution in [1.29, 1.82) is 0 Å². The molecule has 0 spiro atoms. The molecule has 0 bridgehead atoms. The standard InChI is InChI=1S/C8H12N2OSi2/c1-2-6-9(5-1)12-11-13-10-7-3-4-8-10/h1-8H,12-13H2. The fourth-order valence-corrected chi connectivity index (χ4v) is 4.01. The number of hydrogen-bond donors (Lipinski definition) is 0. The van der Waals surface area contributed by atoms with Gasteiger partial charge in [-0.2, -0.15) is 0 Å². The van der Waals surface area contributed by atoms with E-state index in [2.05, 4.69) is 33.3 Å². The second-order valence-corrected chi connectivity index (χ2v) is 6.47. The highest BCUT2D eigenvalue weighted by Gasteiger charge is 1.92. The SMILES string of the molecule is c1ccn([SiH2]O[SiH2]n2cccc2)c1. The van der Waals surface area contributed by atoms with Crippen molar-refractivity contribution in [1.82, 2.24) is 8.47 Å². The molecule has 0 saturated heterocycles. The third-order valence-corrected chi connectivity index (χ3v) is 4.71. The van der Waals surface area contributed by atoms with Crippen LogP contribution in [0.15, 0.2) is 49.1 Å². The Labute approximate surface area is 82.0 Å². The Hall–Kier alpha value is -1.05. The van der Waals surface area contributed by atoms with Gasteiger partial charge in [0.25, 0.3) is 19.8 Å². The van der Waals surface area contributed by atoms with E-state index in [-0.39, 0.29) is 0 Å². The monoisotopic (exact) mass is 208 g/mol. The van der Waals surface area contributed by atoms with Crippen LogP contribution in [0.4, 0.5) is 0 Å². The van der Waals surface area contributed by atoms with Crippen LogP contribution in [-0.4, -0.2) is 28.3 Å². The summed E-state index contributed by atoms with van der Waals surface area (Å²) in [7, 11) is -1.07. The number of nitrogens with zero attached hydrogens (tertiary/aromatic N) is 2. The van der Waals surface area contributed by atoms with Gasteiger partial charge in [-0.25, -0.2) is 0 Å². The minimum Gasteiger partial charge on any atom is -0.433 e. The third-order valence-electron chi connectivity index (χ3n) is 1.81. The summed E-state index contributed by atoms with van der Waals surface area (Å²) in [4.78, 5) is 0. The first-order valence-corrected chi connectivity index (χ1v) is 6.66. The first-order valence-electron chi connectivity index (χ1n) is 4.24. The molecule has 0 amide bonds. The van der Waals surface area contributed by atoms with Crippen LogP contribution in [-0.2, 0) is 4.12 Å². The van der Waals surface area contributed by atoms with Gasteiger partial charge in [0, 0.05) is 0 Å². The predicted molar refractivity (Wildman–Crippen MR) is 57.8 cm³/mol. The molecule has 0 atom stereocenters. The lowest BCUT2D eigenvalue weighted by Gasteiger charge is -2.04. The van der Waals surface area contributed by atoms with E-state index in [0.717, 1.165) is 0 Å². The van der Waals surface area contributed by atoms with Crippen molar-refractivity contribution in [3.8, 4) is 0 Å². The third kappa shape index (κ3) is 2.44. The Kier molecular flexibility index (Phi) is 2.80. The molecule has 0 fully saturated rings. The Morgan fingerprint density at radius 2 is 1.08 bits per heavy atom. The summed E-state index contributed by atoms with van der Waals surface area (Å²) in [6.45, 7) is 0. The van der Waals surface area contributed by atoms with E-state index < -0.39 is 19.8 Å². The van der Waals surface area contributed by atoms with E-state index >= 15 is 0 Å². The Bertz CT molecular complexity index is 297. The number of aromatic nitrogens is 2. The second kappa shape index (κ2) is 4.26. The molecule has 0 aliphatic heterocycles. The van der Waals surface area contributed by atoms with E-state index in [1.165, 1.54) is 0 Å². The minimum absolute atomic E-state index is 0.534. The fourth-order valence-electron chi connectivity index (χ4n) is 1.16. The van der Waals surface area contributed by atoms with Crippen LogP contribution in [0.1, 0.15) is 0 Å². The normalized spacial score (nSPS) is 12.3. The summed E-state index contributed by atoms with van der Waals surface area (Å²) < 4.78 is 10.1. The molecule has 0 aromatic carbocycles. The molecular formula is C8H12N2OSi2. The van der Waals surface area contributed by atoms with Gasteiger partial charge in [0.2, 0.25) is 0 Å². The van der Waals surface area contributed by atoms with E-state index in [0.29, 0.717) is 0 Å². The van der Waals surface area contributed by atoms with Gasteiger partial charge >= 0.3 is 0 Å². The quantitative estimate of drug-likeness (QED) is 0.631. The highest BCUT2D eigenvalue weighted by molar-refractivity contribution is 6.40. The van der Waals surface area contributed by atoms with Crippen molar-refractivity contribution in [3.63, 3.8) is 0 Å². The van der Waals surface area contributed by atoms with Crippen LogP contribution in [0.25, 0.3) is 0 Å². The lowest BCUT2D eigenvalue weighted by Crippen LogP contribution is -2.16. The van der Waals surface area contributed by atoms with Crippen LogP contribution >= 0.6 is 0 Å². The Balaban J connectivity index is 1.76. The molecule has 5 heteroatoms. The first-order chi connectivity index (χ1) is 6.45. The maximum Gasteiger partial charge on any atom is 0.261 e. The number of rotatable bonds is 4. The van der Waals surface area contributed by atoms with Gasteiger partial charge in [-0.05, 0) is 49.1 Å². The van der Waals surface area contributed by atoms with E-state index in [4.69, 9.17) is 4.12 Å². The Morgan fingerprint density at radius 1 is 0.692 bits per heavy atom. The molecule has 68 valence electrons. The highest BCUT2D eigenvalue weighted by atomic mass is 28.3.